The van der Waals surface area contributed by atoms with Gasteiger partial charge in [-0.05, 0) is 37.6 Å². The zero-order chi connectivity index (χ0) is 14.4. The van der Waals surface area contributed by atoms with Crippen molar-refractivity contribution in [2.75, 3.05) is 0 Å². The van der Waals surface area contributed by atoms with Crippen molar-refractivity contribution < 1.29 is 9.21 Å². The van der Waals surface area contributed by atoms with Crippen LogP contribution in [0.5, 0.6) is 0 Å². The molecular formula is C14H14BrN3O2. The predicted octanol–water partition coefficient (Wildman–Crippen LogP) is 4.76. The monoisotopic (exact) mass is 335 g/mol. The molecule has 0 spiro atoms. The number of rotatable bonds is 6. The molecule has 0 saturated carbocycles. The molecule has 0 aliphatic rings. The second-order valence-corrected chi connectivity index (χ2v) is 5.26. The van der Waals surface area contributed by atoms with Crippen molar-refractivity contribution in [2.45, 2.75) is 26.2 Å². The van der Waals surface area contributed by atoms with Gasteiger partial charge >= 0.3 is 6.01 Å². The average molecular weight is 336 g/mol. The van der Waals surface area contributed by atoms with E-state index in [-0.39, 0.29) is 11.8 Å². The molecule has 6 heteroatoms. The van der Waals surface area contributed by atoms with Crippen molar-refractivity contribution in [1.29, 1.82) is 0 Å². The van der Waals surface area contributed by atoms with E-state index in [4.69, 9.17) is 4.42 Å². The van der Waals surface area contributed by atoms with Crippen LogP contribution in [0.25, 0.3) is 0 Å². The highest BCUT2D eigenvalue weighted by Crippen LogP contribution is 2.20. The molecule has 0 amide bonds. The van der Waals surface area contributed by atoms with Crippen molar-refractivity contribution >= 4 is 33.4 Å². The molecule has 0 aliphatic heterocycles. The number of hydrogen-bond acceptors (Lipinski definition) is 5. The number of aromatic nitrogens is 1. The molecule has 20 heavy (non-hydrogen) atoms. The highest BCUT2D eigenvalue weighted by Gasteiger charge is 2.03. The van der Waals surface area contributed by atoms with E-state index in [1.54, 1.807) is 13.1 Å². The van der Waals surface area contributed by atoms with E-state index in [1.165, 1.54) is 0 Å². The van der Waals surface area contributed by atoms with Gasteiger partial charge in [0.05, 0.1) is 11.9 Å². The van der Waals surface area contributed by atoms with Crippen molar-refractivity contribution in [3.8, 4) is 0 Å². The molecule has 0 saturated heterocycles. The van der Waals surface area contributed by atoms with Crippen LogP contribution >= 0.6 is 15.9 Å². The Morgan fingerprint density at radius 2 is 2.05 bits per heavy atom. The van der Waals surface area contributed by atoms with E-state index in [9.17, 15) is 4.79 Å². The van der Waals surface area contributed by atoms with Gasteiger partial charge in [0.15, 0.2) is 0 Å². The SMILES string of the molecule is CC(=O)CCCc1cnc(N=Nc2ccc(Br)cc2)o1. The standard InChI is InChI=1S/C14H14BrN3O2/c1-10(19)3-2-4-13-9-16-14(20-13)18-17-12-7-5-11(15)6-8-12/h5-9H,2-4H2,1H3. The summed E-state index contributed by atoms with van der Waals surface area (Å²) < 4.78 is 6.41. The number of Topliss-reactive ketones (excluding diaryl/α,β-unsaturated/α-hetero) is 1. The maximum atomic E-state index is 10.8. The zero-order valence-corrected chi connectivity index (χ0v) is 12.6. The van der Waals surface area contributed by atoms with Gasteiger partial charge in [-0.3, -0.25) is 0 Å². The van der Waals surface area contributed by atoms with Gasteiger partial charge in [0, 0.05) is 17.3 Å². The largest absolute Gasteiger partial charge is 0.426 e. The third-order valence-electron chi connectivity index (χ3n) is 2.57. The van der Waals surface area contributed by atoms with Crippen molar-refractivity contribution in [3.05, 3.63) is 40.7 Å². The van der Waals surface area contributed by atoms with Gasteiger partial charge in [0.25, 0.3) is 0 Å². The number of halogens is 1. The summed E-state index contributed by atoms with van der Waals surface area (Å²) in [6, 6.07) is 7.67. The van der Waals surface area contributed by atoms with E-state index in [1.807, 2.05) is 24.3 Å². The van der Waals surface area contributed by atoms with Gasteiger partial charge < -0.3 is 9.21 Å². The molecule has 0 bridgehead atoms. The number of nitrogens with zero attached hydrogens (tertiary/aromatic N) is 3. The number of azo groups is 1. The van der Waals surface area contributed by atoms with Crippen LogP contribution in [-0.4, -0.2) is 10.8 Å². The molecular weight excluding hydrogens is 322 g/mol. The minimum atomic E-state index is 0.180. The first-order valence-corrected chi connectivity index (χ1v) is 7.04. The highest BCUT2D eigenvalue weighted by molar-refractivity contribution is 9.10. The first-order chi connectivity index (χ1) is 9.63. The summed E-state index contributed by atoms with van der Waals surface area (Å²) in [6.07, 6.45) is 3.61. The predicted molar refractivity (Wildman–Crippen MR) is 78.4 cm³/mol. The Hall–Kier alpha value is -1.82. The zero-order valence-electron chi connectivity index (χ0n) is 11.0. The number of oxazole rings is 1. The molecule has 1 aromatic carbocycles. The number of carbonyl (C=O) groups is 1. The topological polar surface area (TPSA) is 67.8 Å². The summed E-state index contributed by atoms with van der Waals surface area (Å²) in [7, 11) is 0. The highest BCUT2D eigenvalue weighted by atomic mass is 79.9. The van der Waals surface area contributed by atoms with Crippen molar-refractivity contribution in [3.63, 3.8) is 0 Å². The number of hydrogen-bond donors (Lipinski definition) is 0. The molecule has 1 heterocycles. The van der Waals surface area contributed by atoms with Crippen molar-refractivity contribution in [1.82, 2.24) is 4.98 Å². The van der Waals surface area contributed by atoms with E-state index < -0.39 is 0 Å². The van der Waals surface area contributed by atoms with Crippen LogP contribution in [0, 0.1) is 0 Å². The molecule has 0 fully saturated rings. The van der Waals surface area contributed by atoms with E-state index in [2.05, 4.69) is 31.1 Å². The fraction of sp³-hybridized carbons (Fsp3) is 0.286. The Kier molecular flexibility index (Phi) is 5.17. The lowest BCUT2D eigenvalue weighted by atomic mass is 10.2. The van der Waals surface area contributed by atoms with Crippen LogP contribution in [0.3, 0.4) is 0 Å². The second-order valence-electron chi connectivity index (χ2n) is 4.34. The molecule has 5 nitrogen and oxygen atoms in total. The lowest BCUT2D eigenvalue weighted by molar-refractivity contribution is -0.117. The first kappa shape index (κ1) is 14.6. The molecule has 2 aromatic rings. The smallest absolute Gasteiger partial charge is 0.341 e. The van der Waals surface area contributed by atoms with Gasteiger partial charge in [-0.15, -0.1) is 5.11 Å². The Bertz CT molecular complexity index is 605. The van der Waals surface area contributed by atoms with Gasteiger partial charge in [-0.25, -0.2) is 0 Å². The fourth-order valence-electron chi connectivity index (χ4n) is 1.58. The van der Waals surface area contributed by atoms with Crippen LogP contribution in [0.2, 0.25) is 0 Å². The molecule has 104 valence electrons. The Labute approximate surface area is 125 Å². The van der Waals surface area contributed by atoms with E-state index in [0.717, 1.165) is 22.3 Å². The van der Waals surface area contributed by atoms with Gasteiger partial charge in [-0.1, -0.05) is 21.0 Å². The molecule has 1 aromatic heterocycles. The summed E-state index contributed by atoms with van der Waals surface area (Å²) in [5.74, 6) is 0.899. The minimum absolute atomic E-state index is 0.180. The Morgan fingerprint density at radius 1 is 1.30 bits per heavy atom. The quantitative estimate of drug-likeness (QED) is 0.714. The summed E-state index contributed by atoms with van der Waals surface area (Å²) in [4.78, 5) is 14.9. The summed E-state index contributed by atoms with van der Waals surface area (Å²) >= 11 is 3.35. The first-order valence-electron chi connectivity index (χ1n) is 6.25. The second kappa shape index (κ2) is 7.09. The molecule has 0 N–H and O–H groups in total. The van der Waals surface area contributed by atoms with Crippen LogP contribution in [0.4, 0.5) is 11.7 Å². The Morgan fingerprint density at radius 3 is 2.75 bits per heavy atom. The van der Waals surface area contributed by atoms with E-state index >= 15 is 0 Å². The van der Waals surface area contributed by atoms with Gasteiger partial charge in [-0.2, -0.15) is 4.98 Å². The number of carbonyl (C=O) groups excluding carboxylic acids is 1. The molecule has 0 radical (unpaired) electrons. The average Bonchev–Trinajstić information content (AvgIpc) is 2.86. The normalized spacial score (nSPS) is 11.1. The number of aryl methyl sites for hydroxylation is 1. The fourth-order valence-corrected chi connectivity index (χ4v) is 1.84. The molecule has 0 aliphatic carbocycles. The number of benzene rings is 1. The summed E-state index contributed by atoms with van der Waals surface area (Å²) in [5, 5.41) is 7.97. The van der Waals surface area contributed by atoms with Gasteiger partial charge in [0.1, 0.15) is 11.5 Å². The molecule has 0 unspecified atom stereocenters. The third-order valence-corrected chi connectivity index (χ3v) is 3.10. The number of ketones is 1. The summed E-state index contributed by atoms with van der Waals surface area (Å²) in [6.45, 7) is 1.58. The lowest BCUT2D eigenvalue weighted by Gasteiger charge is -1.93. The third kappa shape index (κ3) is 4.70. The van der Waals surface area contributed by atoms with Crippen LogP contribution in [0.15, 0.2) is 49.6 Å². The van der Waals surface area contributed by atoms with Crippen LogP contribution in [0.1, 0.15) is 25.5 Å². The lowest BCUT2D eigenvalue weighted by Crippen LogP contribution is -1.91. The van der Waals surface area contributed by atoms with Crippen LogP contribution in [-0.2, 0) is 11.2 Å². The van der Waals surface area contributed by atoms with Crippen LogP contribution < -0.4 is 0 Å². The van der Waals surface area contributed by atoms with Gasteiger partial charge in [0.2, 0.25) is 0 Å². The maximum Gasteiger partial charge on any atom is 0.341 e. The Balaban J connectivity index is 1.92. The summed E-state index contributed by atoms with van der Waals surface area (Å²) in [5.41, 5.74) is 0.726. The minimum Gasteiger partial charge on any atom is -0.426 e. The molecule has 0 atom stereocenters. The van der Waals surface area contributed by atoms with Crippen molar-refractivity contribution in [2.24, 2.45) is 10.2 Å². The van der Waals surface area contributed by atoms with E-state index in [0.29, 0.717) is 12.8 Å². The maximum absolute atomic E-state index is 10.8. The molecule has 2 rings (SSSR count).